The summed E-state index contributed by atoms with van der Waals surface area (Å²) in [7, 11) is 0. The van der Waals surface area contributed by atoms with E-state index in [1.54, 1.807) is 12.1 Å². The van der Waals surface area contributed by atoms with Crippen LogP contribution in [0.3, 0.4) is 0 Å². The number of nitrogens with two attached hydrogens (primary N) is 1. The number of nitrogens with zero attached hydrogens (tertiary/aromatic N) is 3. The van der Waals surface area contributed by atoms with E-state index in [-0.39, 0.29) is 17.7 Å². The predicted molar refractivity (Wildman–Crippen MR) is 130 cm³/mol. The molecule has 8 nitrogen and oxygen atoms in total. The van der Waals surface area contributed by atoms with Gasteiger partial charge in [-0.2, -0.15) is 0 Å². The lowest BCUT2D eigenvalue weighted by atomic mass is 10.0. The van der Waals surface area contributed by atoms with Gasteiger partial charge in [0.15, 0.2) is 0 Å². The summed E-state index contributed by atoms with van der Waals surface area (Å²) >= 11 is 0. The molecule has 1 unspecified atom stereocenters. The van der Waals surface area contributed by atoms with Gasteiger partial charge >= 0.3 is 0 Å². The van der Waals surface area contributed by atoms with E-state index >= 15 is 0 Å². The third-order valence-corrected chi connectivity index (χ3v) is 5.70. The largest absolute Gasteiger partial charge is 0.491 e. The Bertz CT molecular complexity index is 1160. The van der Waals surface area contributed by atoms with E-state index < -0.39 is 5.91 Å². The third-order valence-electron chi connectivity index (χ3n) is 5.70. The van der Waals surface area contributed by atoms with Crippen molar-refractivity contribution in [2.75, 3.05) is 37.8 Å². The number of ether oxygens (including phenoxy) is 3. The number of benzene rings is 2. The van der Waals surface area contributed by atoms with Gasteiger partial charge in [0.25, 0.3) is 5.91 Å². The summed E-state index contributed by atoms with van der Waals surface area (Å²) in [4.78, 5) is 22.8. The maximum Gasteiger partial charge on any atom is 0.286 e. The summed E-state index contributed by atoms with van der Waals surface area (Å²) < 4.78 is 30.3. The first-order valence-corrected chi connectivity index (χ1v) is 11.6. The monoisotopic (exact) mass is 480 g/mol. The number of rotatable bonds is 10. The maximum absolute atomic E-state index is 13.2. The summed E-state index contributed by atoms with van der Waals surface area (Å²) in [5.74, 6) is 0.946. The second-order valence-corrected chi connectivity index (χ2v) is 8.19. The molecular weight excluding hydrogens is 451 g/mol. The second-order valence-electron chi connectivity index (χ2n) is 8.19. The van der Waals surface area contributed by atoms with Gasteiger partial charge < -0.3 is 24.8 Å². The number of hydrogen-bond donors (Lipinski definition) is 1. The number of anilines is 1. The standard InChI is InChI=1S/C26H29FN4O4/c1-3-33-14-15-34-20-8-4-18(5-9-20)23-17(2)29-25(24(28)32)30-26(23)31-13-12-22(16-31)35-21-10-6-19(27)7-11-21/h4-11,22H,3,12-16H2,1-2H3,(H2,28,32). The molecule has 1 saturated heterocycles. The Morgan fingerprint density at radius 1 is 1.09 bits per heavy atom. The first kappa shape index (κ1) is 24.4. The molecule has 2 N–H and O–H groups in total. The summed E-state index contributed by atoms with van der Waals surface area (Å²) in [6.45, 7) is 6.65. The zero-order valence-electron chi connectivity index (χ0n) is 19.9. The highest BCUT2D eigenvalue weighted by Crippen LogP contribution is 2.35. The molecule has 1 atom stereocenters. The van der Waals surface area contributed by atoms with Crippen molar-refractivity contribution in [3.8, 4) is 22.6 Å². The van der Waals surface area contributed by atoms with Gasteiger partial charge in [-0.25, -0.2) is 14.4 Å². The molecule has 0 spiro atoms. The zero-order chi connectivity index (χ0) is 24.8. The van der Waals surface area contributed by atoms with E-state index in [0.717, 1.165) is 23.3 Å². The molecule has 1 aliphatic heterocycles. The molecule has 2 heterocycles. The van der Waals surface area contributed by atoms with Gasteiger partial charge in [-0.3, -0.25) is 4.79 Å². The summed E-state index contributed by atoms with van der Waals surface area (Å²) in [5, 5.41) is 0. The van der Waals surface area contributed by atoms with Crippen molar-refractivity contribution < 1.29 is 23.4 Å². The Balaban J connectivity index is 1.57. The van der Waals surface area contributed by atoms with Crippen LogP contribution in [0.1, 0.15) is 29.7 Å². The highest BCUT2D eigenvalue weighted by molar-refractivity contribution is 5.91. The van der Waals surface area contributed by atoms with E-state index in [0.29, 0.717) is 50.2 Å². The number of primary amides is 1. The second kappa shape index (κ2) is 11.1. The van der Waals surface area contributed by atoms with Crippen molar-refractivity contribution in [3.63, 3.8) is 0 Å². The highest BCUT2D eigenvalue weighted by Gasteiger charge is 2.29. The van der Waals surface area contributed by atoms with Gasteiger partial charge in [0.1, 0.15) is 35.8 Å². The molecular formula is C26H29FN4O4. The van der Waals surface area contributed by atoms with Crippen LogP contribution in [0.5, 0.6) is 11.5 Å². The molecule has 1 aromatic heterocycles. The Labute approximate surface area is 203 Å². The van der Waals surface area contributed by atoms with Gasteiger partial charge in [0, 0.05) is 25.1 Å². The molecule has 4 rings (SSSR count). The van der Waals surface area contributed by atoms with Crippen LogP contribution in [0.15, 0.2) is 48.5 Å². The summed E-state index contributed by atoms with van der Waals surface area (Å²) in [5.41, 5.74) is 7.87. The number of aromatic nitrogens is 2. The molecule has 1 fully saturated rings. The first-order valence-electron chi connectivity index (χ1n) is 11.6. The molecule has 1 aliphatic rings. The Morgan fingerprint density at radius 2 is 1.80 bits per heavy atom. The number of hydrogen-bond acceptors (Lipinski definition) is 7. The Kier molecular flexibility index (Phi) is 7.77. The number of carbonyl (C=O) groups excluding carboxylic acids is 1. The van der Waals surface area contributed by atoms with E-state index in [9.17, 15) is 9.18 Å². The average Bonchev–Trinajstić information content (AvgIpc) is 3.31. The molecule has 0 aliphatic carbocycles. The average molecular weight is 481 g/mol. The lowest BCUT2D eigenvalue weighted by molar-refractivity contribution is 0.0990. The van der Waals surface area contributed by atoms with Gasteiger partial charge in [0.05, 0.1) is 18.8 Å². The lowest BCUT2D eigenvalue weighted by Crippen LogP contribution is -2.27. The molecule has 184 valence electrons. The molecule has 9 heteroatoms. The van der Waals surface area contributed by atoms with Crippen LogP contribution in [-0.4, -0.2) is 54.9 Å². The van der Waals surface area contributed by atoms with E-state index in [2.05, 4.69) is 14.9 Å². The molecule has 35 heavy (non-hydrogen) atoms. The van der Waals surface area contributed by atoms with Crippen LogP contribution in [0.25, 0.3) is 11.1 Å². The van der Waals surface area contributed by atoms with Gasteiger partial charge in [-0.1, -0.05) is 12.1 Å². The van der Waals surface area contributed by atoms with E-state index in [1.807, 2.05) is 38.1 Å². The minimum absolute atomic E-state index is 0.0277. The van der Waals surface area contributed by atoms with Crippen molar-refractivity contribution in [2.45, 2.75) is 26.4 Å². The van der Waals surface area contributed by atoms with Crippen molar-refractivity contribution in [2.24, 2.45) is 5.73 Å². The van der Waals surface area contributed by atoms with Crippen LogP contribution < -0.4 is 20.1 Å². The fourth-order valence-electron chi connectivity index (χ4n) is 4.04. The summed E-state index contributed by atoms with van der Waals surface area (Å²) in [6, 6.07) is 13.6. The fourth-order valence-corrected chi connectivity index (χ4v) is 4.04. The first-order chi connectivity index (χ1) is 16.9. The summed E-state index contributed by atoms with van der Waals surface area (Å²) in [6.07, 6.45) is 0.639. The molecule has 0 saturated carbocycles. The minimum Gasteiger partial charge on any atom is -0.491 e. The van der Waals surface area contributed by atoms with E-state index in [1.165, 1.54) is 12.1 Å². The topological polar surface area (TPSA) is 99.8 Å². The van der Waals surface area contributed by atoms with Crippen LogP contribution in [0, 0.1) is 12.7 Å². The lowest BCUT2D eigenvalue weighted by Gasteiger charge is -2.23. The van der Waals surface area contributed by atoms with Gasteiger partial charge in [-0.15, -0.1) is 0 Å². The van der Waals surface area contributed by atoms with Crippen molar-refractivity contribution >= 4 is 11.7 Å². The molecule has 1 amide bonds. The van der Waals surface area contributed by atoms with Gasteiger partial charge in [0.2, 0.25) is 5.82 Å². The van der Waals surface area contributed by atoms with Crippen molar-refractivity contribution in [3.05, 3.63) is 65.9 Å². The fraction of sp³-hybridized carbons (Fsp3) is 0.346. The maximum atomic E-state index is 13.2. The quantitative estimate of drug-likeness (QED) is 0.441. The predicted octanol–water partition coefficient (Wildman–Crippen LogP) is 3.76. The van der Waals surface area contributed by atoms with Crippen molar-refractivity contribution in [1.82, 2.24) is 9.97 Å². The molecule has 0 bridgehead atoms. The normalized spacial score (nSPS) is 15.3. The molecule has 0 radical (unpaired) electrons. The number of aryl methyl sites for hydroxylation is 1. The molecule has 2 aromatic carbocycles. The molecule has 3 aromatic rings. The minimum atomic E-state index is -0.683. The van der Waals surface area contributed by atoms with Crippen LogP contribution in [-0.2, 0) is 4.74 Å². The Hall–Kier alpha value is -3.72. The van der Waals surface area contributed by atoms with Crippen LogP contribution in [0.4, 0.5) is 10.2 Å². The Morgan fingerprint density at radius 3 is 2.49 bits per heavy atom. The SMILES string of the molecule is CCOCCOc1ccc(-c2c(C)nc(C(N)=O)nc2N2CCC(Oc3ccc(F)cc3)C2)cc1. The van der Waals surface area contributed by atoms with Crippen LogP contribution >= 0.6 is 0 Å². The van der Waals surface area contributed by atoms with Crippen LogP contribution in [0.2, 0.25) is 0 Å². The van der Waals surface area contributed by atoms with Crippen molar-refractivity contribution in [1.29, 1.82) is 0 Å². The van der Waals surface area contributed by atoms with Gasteiger partial charge in [-0.05, 0) is 55.8 Å². The van der Waals surface area contributed by atoms with E-state index in [4.69, 9.17) is 19.9 Å². The number of halogens is 1. The highest BCUT2D eigenvalue weighted by atomic mass is 19.1. The number of amides is 1. The smallest absolute Gasteiger partial charge is 0.286 e. The number of carbonyl (C=O) groups is 1. The third kappa shape index (κ3) is 6.05. The zero-order valence-corrected chi connectivity index (χ0v) is 19.9.